The van der Waals surface area contributed by atoms with Gasteiger partial charge in [-0.15, -0.1) is 0 Å². The summed E-state index contributed by atoms with van der Waals surface area (Å²) in [5, 5.41) is 33.0. The topological polar surface area (TPSA) is 60.7 Å². The van der Waals surface area contributed by atoms with Gasteiger partial charge in [0.1, 0.15) is 0 Å². The largest absolute Gasteiger partial charge is 0.393 e. The Morgan fingerprint density at radius 1 is 1.07 bits per heavy atom. The molecule has 5 rings (SSSR count). The summed E-state index contributed by atoms with van der Waals surface area (Å²) in [6.07, 6.45) is 12.5. The zero-order valence-corrected chi connectivity index (χ0v) is 19.6. The normalized spacial score (nSPS) is 53.1. The van der Waals surface area contributed by atoms with Crippen LogP contribution in [0.25, 0.3) is 0 Å². The van der Waals surface area contributed by atoms with Crippen molar-refractivity contribution in [1.82, 2.24) is 0 Å². The molecule has 5 aliphatic carbocycles. The maximum atomic E-state index is 11.7. The number of aliphatic hydroxyl groups is 3. The third kappa shape index (κ3) is 2.61. The van der Waals surface area contributed by atoms with Crippen LogP contribution in [-0.4, -0.2) is 33.1 Å². The van der Waals surface area contributed by atoms with Crippen LogP contribution in [0.1, 0.15) is 91.9 Å². The molecule has 0 saturated heterocycles. The van der Waals surface area contributed by atoms with E-state index in [9.17, 15) is 15.3 Å². The molecule has 0 aromatic carbocycles. The summed E-state index contributed by atoms with van der Waals surface area (Å²) in [5.74, 6) is 3.24. The van der Waals surface area contributed by atoms with E-state index in [1.54, 1.807) is 0 Å². The third-order valence-electron chi connectivity index (χ3n) is 11.3. The van der Waals surface area contributed by atoms with Crippen LogP contribution in [0, 0.1) is 46.3 Å². The summed E-state index contributed by atoms with van der Waals surface area (Å²) in [4.78, 5) is 0. The zero-order chi connectivity index (χ0) is 21.5. The molecular weight excluding hydrogens is 372 g/mol. The number of rotatable bonds is 4. The summed E-state index contributed by atoms with van der Waals surface area (Å²) in [6.45, 7) is 9.15. The van der Waals surface area contributed by atoms with Gasteiger partial charge in [-0.1, -0.05) is 39.3 Å². The van der Waals surface area contributed by atoms with Gasteiger partial charge in [0.25, 0.3) is 0 Å². The van der Waals surface area contributed by atoms with Gasteiger partial charge in [0.15, 0.2) is 0 Å². The van der Waals surface area contributed by atoms with Crippen molar-refractivity contribution in [3.63, 3.8) is 0 Å². The van der Waals surface area contributed by atoms with Crippen molar-refractivity contribution in [2.24, 2.45) is 46.3 Å². The van der Waals surface area contributed by atoms with Crippen LogP contribution < -0.4 is 0 Å². The predicted molar refractivity (Wildman–Crippen MR) is 120 cm³/mol. The second kappa shape index (κ2) is 7.06. The Balaban J connectivity index is 1.39. The van der Waals surface area contributed by atoms with E-state index in [1.165, 1.54) is 31.3 Å². The van der Waals surface area contributed by atoms with Crippen LogP contribution in [-0.2, 0) is 0 Å². The van der Waals surface area contributed by atoms with E-state index in [-0.39, 0.29) is 22.9 Å². The SMILES string of the molecule is CC(C)CCC(O)[C@@]1(O)C(C)C23CCC4C(CC=C5CC(O)CCC54C)C2CCC31. The number of hydrogen-bond donors (Lipinski definition) is 3. The zero-order valence-electron chi connectivity index (χ0n) is 19.6. The minimum Gasteiger partial charge on any atom is -0.393 e. The van der Waals surface area contributed by atoms with Crippen molar-refractivity contribution in [3.8, 4) is 0 Å². The van der Waals surface area contributed by atoms with Crippen molar-refractivity contribution in [3.05, 3.63) is 11.6 Å². The molecule has 3 heteroatoms. The second-order valence-corrected chi connectivity index (χ2v) is 12.5. The Kier molecular flexibility index (Phi) is 5.05. The van der Waals surface area contributed by atoms with Gasteiger partial charge in [0, 0.05) is 0 Å². The molecule has 0 heterocycles. The van der Waals surface area contributed by atoms with E-state index >= 15 is 0 Å². The standard InChI is InChI=1S/C27H44O3/c1-16(2)5-10-24(29)27(30)17(3)26-14-12-21-20(22(26)8-9-23(26)27)7-6-18-15-19(28)11-13-25(18,21)4/h6,16-17,19-24,28-30H,5,7-15H2,1-4H3/t17?,19?,20?,21?,22?,23?,24?,25?,26?,27-/m1/s1. The van der Waals surface area contributed by atoms with E-state index in [0.717, 1.165) is 50.4 Å². The Labute approximate surface area is 183 Å². The van der Waals surface area contributed by atoms with E-state index < -0.39 is 11.7 Å². The van der Waals surface area contributed by atoms with Gasteiger partial charge in [-0.2, -0.15) is 0 Å². The average molecular weight is 417 g/mol. The van der Waals surface area contributed by atoms with Crippen LogP contribution in [0.2, 0.25) is 0 Å². The molecule has 1 spiro atoms. The van der Waals surface area contributed by atoms with E-state index in [0.29, 0.717) is 17.8 Å². The van der Waals surface area contributed by atoms with Crippen LogP contribution in [0.5, 0.6) is 0 Å². The number of fused-ring (bicyclic) bond motifs is 4. The fraction of sp³-hybridized carbons (Fsp3) is 0.926. The molecule has 5 aliphatic rings. The third-order valence-corrected chi connectivity index (χ3v) is 11.3. The Morgan fingerprint density at radius 2 is 1.83 bits per heavy atom. The lowest BCUT2D eigenvalue weighted by Gasteiger charge is -2.70. The van der Waals surface area contributed by atoms with Crippen molar-refractivity contribution >= 4 is 0 Å². The molecule has 3 N–H and O–H groups in total. The summed E-state index contributed by atoms with van der Waals surface area (Å²) in [5.41, 5.74) is 1.20. The summed E-state index contributed by atoms with van der Waals surface area (Å²) in [6, 6.07) is 0. The first-order chi connectivity index (χ1) is 14.2. The van der Waals surface area contributed by atoms with Crippen LogP contribution in [0.4, 0.5) is 0 Å². The molecule has 30 heavy (non-hydrogen) atoms. The molecule has 10 atom stereocenters. The maximum absolute atomic E-state index is 11.7. The highest BCUT2D eigenvalue weighted by Gasteiger charge is 2.76. The maximum Gasteiger partial charge on any atom is 0.0969 e. The first-order valence-corrected chi connectivity index (χ1v) is 12.9. The molecule has 4 fully saturated rings. The van der Waals surface area contributed by atoms with Gasteiger partial charge in [-0.05, 0) is 111 Å². The van der Waals surface area contributed by atoms with E-state index in [4.69, 9.17) is 0 Å². The van der Waals surface area contributed by atoms with Crippen molar-refractivity contribution in [2.45, 2.75) is 110 Å². The molecule has 4 saturated carbocycles. The number of allylic oxidation sites excluding steroid dienone is 1. The van der Waals surface area contributed by atoms with E-state index in [1.807, 2.05) is 0 Å². The smallest absolute Gasteiger partial charge is 0.0969 e. The lowest BCUT2D eigenvalue weighted by molar-refractivity contribution is -0.305. The Bertz CT molecular complexity index is 715. The molecule has 3 nitrogen and oxygen atoms in total. The van der Waals surface area contributed by atoms with Gasteiger partial charge < -0.3 is 15.3 Å². The van der Waals surface area contributed by atoms with Crippen molar-refractivity contribution < 1.29 is 15.3 Å². The first kappa shape index (κ1) is 21.5. The molecular formula is C27H44O3. The second-order valence-electron chi connectivity index (χ2n) is 12.5. The van der Waals surface area contributed by atoms with Crippen LogP contribution in [0.15, 0.2) is 11.6 Å². The van der Waals surface area contributed by atoms with Crippen LogP contribution >= 0.6 is 0 Å². The quantitative estimate of drug-likeness (QED) is 0.560. The minimum absolute atomic E-state index is 0.138. The Hall–Kier alpha value is -0.380. The fourth-order valence-electron chi connectivity index (χ4n) is 9.75. The molecule has 0 aliphatic heterocycles. The Morgan fingerprint density at radius 3 is 2.57 bits per heavy atom. The first-order valence-electron chi connectivity index (χ1n) is 12.9. The van der Waals surface area contributed by atoms with Gasteiger partial charge in [0.05, 0.1) is 17.8 Å². The summed E-state index contributed by atoms with van der Waals surface area (Å²) in [7, 11) is 0. The minimum atomic E-state index is -0.870. The van der Waals surface area contributed by atoms with Crippen LogP contribution in [0.3, 0.4) is 0 Å². The van der Waals surface area contributed by atoms with Gasteiger partial charge >= 0.3 is 0 Å². The highest BCUT2D eigenvalue weighted by Crippen LogP contribution is 2.77. The predicted octanol–water partition coefficient (Wildman–Crippen LogP) is 5.08. The molecule has 0 aromatic rings. The highest BCUT2D eigenvalue weighted by atomic mass is 16.3. The van der Waals surface area contributed by atoms with E-state index in [2.05, 4.69) is 33.8 Å². The van der Waals surface area contributed by atoms with Crippen molar-refractivity contribution in [1.29, 1.82) is 0 Å². The molecule has 0 radical (unpaired) electrons. The molecule has 9 unspecified atom stereocenters. The fourth-order valence-corrected chi connectivity index (χ4v) is 9.75. The summed E-state index contributed by atoms with van der Waals surface area (Å²) >= 11 is 0. The molecule has 0 bridgehead atoms. The van der Waals surface area contributed by atoms with Gasteiger partial charge in [0.2, 0.25) is 0 Å². The lowest BCUT2D eigenvalue weighted by Crippen LogP contribution is -2.74. The monoisotopic (exact) mass is 416 g/mol. The summed E-state index contributed by atoms with van der Waals surface area (Å²) < 4.78 is 0. The lowest BCUT2D eigenvalue weighted by atomic mass is 9.36. The number of hydrogen-bond acceptors (Lipinski definition) is 3. The average Bonchev–Trinajstić information content (AvgIpc) is 3.09. The van der Waals surface area contributed by atoms with Gasteiger partial charge in [-0.25, -0.2) is 0 Å². The van der Waals surface area contributed by atoms with Gasteiger partial charge in [-0.3, -0.25) is 0 Å². The van der Waals surface area contributed by atoms with Crippen molar-refractivity contribution in [2.75, 3.05) is 0 Å². The molecule has 0 amide bonds. The highest BCUT2D eigenvalue weighted by molar-refractivity contribution is 5.30. The number of aliphatic hydroxyl groups excluding tert-OH is 2. The molecule has 0 aromatic heterocycles. The molecule has 170 valence electrons.